The molecule has 1 saturated heterocycles. The first kappa shape index (κ1) is 20.6. The van der Waals surface area contributed by atoms with Crippen molar-refractivity contribution in [2.24, 2.45) is 15.0 Å². The molecule has 146 valence electrons. The van der Waals surface area contributed by atoms with Crippen molar-refractivity contribution >= 4 is 24.2 Å². The van der Waals surface area contributed by atoms with Gasteiger partial charge in [0.2, 0.25) is 0 Å². The lowest BCUT2D eigenvalue weighted by atomic mass is 10.2. The average Bonchev–Trinajstić information content (AvgIpc) is 3.04. The highest BCUT2D eigenvalue weighted by Crippen LogP contribution is 2.09. The van der Waals surface area contributed by atoms with Gasteiger partial charge in [-0.3, -0.25) is 10.1 Å². The Balaban J connectivity index is 2.13. The number of amidine groups is 1. The lowest BCUT2D eigenvalue weighted by molar-refractivity contribution is 0.219. The van der Waals surface area contributed by atoms with E-state index in [0.29, 0.717) is 17.5 Å². The van der Waals surface area contributed by atoms with Crippen LogP contribution in [0.25, 0.3) is 0 Å². The fourth-order valence-electron chi connectivity index (χ4n) is 2.42. The molecule has 0 bridgehead atoms. The van der Waals surface area contributed by atoms with Gasteiger partial charge in [-0.15, -0.1) is 0 Å². The van der Waals surface area contributed by atoms with Gasteiger partial charge in [0.25, 0.3) is 0 Å². The summed E-state index contributed by atoms with van der Waals surface area (Å²) >= 11 is 0. The van der Waals surface area contributed by atoms with E-state index in [4.69, 9.17) is 0 Å². The third kappa shape index (κ3) is 7.18. The van der Waals surface area contributed by atoms with Gasteiger partial charge in [-0.05, 0) is 39.5 Å². The molecule has 0 atom stereocenters. The van der Waals surface area contributed by atoms with E-state index in [1.165, 1.54) is 0 Å². The molecule has 2 rings (SSSR count). The molecule has 1 fully saturated rings. The number of aryl methyl sites for hydroxylation is 1. The second-order valence-corrected chi connectivity index (χ2v) is 6.52. The molecule has 0 spiro atoms. The third-order valence-corrected chi connectivity index (χ3v) is 4.07. The molecule has 0 amide bonds. The van der Waals surface area contributed by atoms with Gasteiger partial charge >= 0.3 is 0 Å². The lowest BCUT2D eigenvalue weighted by Gasteiger charge is -2.30. The first-order valence-corrected chi connectivity index (χ1v) is 9.18. The summed E-state index contributed by atoms with van der Waals surface area (Å²) in [6.07, 6.45) is 5.56. The van der Waals surface area contributed by atoms with Crippen LogP contribution in [0.5, 0.6) is 0 Å². The minimum atomic E-state index is 0.479. The Morgan fingerprint density at radius 2 is 2.11 bits per heavy atom. The molecule has 0 saturated carbocycles. The Bertz CT molecular complexity index is 733. The van der Waals surface area contributed by atoms with Crippen molar-refractivity contribution in [2.75, 3.05) is 45.1 Å². The Kier molecular flexibility index (Phi) is 7.94. The largest absolute Gasteiger partial charge is 0.360 e. The van der Waals surface area contributed by atoms with E-state index < -0.39 is 0 Å². The lowest BCUT2D eigenvalue weighted by Crippen LogP contribution is -2.43. The Morgan fingerprint density at radius 3 is 2.74 bits per heavy atom. The van der Waals surface area contributed by atoms with Gasteiger partial charge in [-0.1, -0.05) is 6.58 Å². The second-order valence-electron chi connectivity index (χ2n) is 6.52. The summed E-state index contributed by atoms with van der Waals surface area (Å²) in [6, 6.07) is 1.89. The van der Waals surface area contributed by atoms with Gasteiger partial charge in [0.1, 0.15) is 5.82 Å². The molecule has 2 N–H and O–H groups in total. The quantitative estimate of drug-likeness (QED) is 0.570. The van der Waals surface area contributed by atoms with E-state index in [9.17, 15) is 0 Å². The average molecular weight is 371 g/mol. The molecule has 8 heteroatoms. The topological polar surface area (TPSA) is 84.3 Å². The molecule has 0 aliphatic carbocycles. The van der Waals surface area contributed by atoms with Crippen LogP contribution < -0.4 is 5.32 Å². The molecule has 1 aromatic rings. The van der Waals surface area contributed by atoms with E-state index in [2.05, 4.69) is 53.9 Å². The third-order valence-electron chi connectivity index (χ3n) is 4.07. The number of nitrogens with one attached hydrogen (secondary N) is 2. The minimum absolute atomic E-state index is 0.479. The minimum Gasteiger partial charge on any atom is -0.360 e. The number of hydrogen-bond acceptors (Lipinski definition) is 5. The van der Waals surface area contributed by atoms with Crippen molar-refractivity contribution in [3.05, 3.63) is 35.8 Å². The normalized spacial score (nSPS) is 17.3. The predicted molar refractivity (Wildman–Crippen MR) is 114 cm³/mol. The van der Waals surface area contributed by atoms with Gasteiger partial charge < -0.3 is 15.1 Å². The number of H-pyrrole nitrogens is 1. The summed E-state index contributed by atoms with van der Waals surface area (Å²) in [5, 5.41) is 10.1. The first-order chi connectivity index (χ1) is 13.0. The summed E-state index contributed by atoms with van der Waals surface area (Å²) < 4.78 is 0. The second kappa shape index (κ2) is 10.4. The Morgan fingerprint density at radius 1 is 1.37 bits per heavy atom. The van der Waals surface area contributed by atoms with E-state index in [0.717, 1.165) is 44.0 Å². The van der Waals surface area contributed by atoms with Gasteiger partial charge in [-0.25, -0.2) is 9.98 Å². The number of rotatable bonds is 7. The van der Waals surface area contributed by atoms with Crippen LogP contribution in [0.1, 0.15) is 19.5 Å². The van der Waals surface area contributed by atoms with Crippen LogP contribution in [0.4, 0.5) is 5.82 Å². The highest BCUT2D eigenvalue weighted by Gasteiger charge is 2.11. The maximum absolute atomic E-state index is 4.61. The SMILES string of the molecule is C=C(/N=C(\N=C\N1CCN(C)CC1)C(/C)=C/C=N\CC)Nc1cc(C)[nH]n1. The maximum atomic E-state index is 4.61. The van der Waals surface area contributed by atoms with Crippen LogP contribution in [0.15, 0.2) is 45.1 Å². The van der Waals surface area contributed by atoms with Gasteiger partial charge in [0, 0.05) is 50.7 Å². The summed E-state index contributed by atoms with van der Waals surface area (Å²) in [7, 11) is 2.13. The zero-order chi connectivity index (χ0) is 19.6. The zero-order valence-corrected chi connectivity index (χ0v) is 16.7. The number of aromatic amines is 1. The van der Waals surface area contributed by atoms with Crippen LogP contribution in [0, 0.1) is 6.92 Å². The van der Waals surface area contributed by atoms with Gasteiger partial charge in [0.15, 0.2) is 11.7 Å². The number of piperazine rings is 1. The number of anilines is 1. The molecule has 0 radical (unpaired) electrons. The van der Waals surface area contributed by atoms with Crippen molar-refractivity contribution in [1.29, 1.82) is 0 Å². The zero-order valence-electron chi connectivity index (χ0n) is 16.7. The number of allylic oxidation sites excluding steroid dienone is 1. The number of aromatic nitrogens is 2. The molecular weight excluding hydrogens is 340 g/mol. The van der Waals surface area contributed by atoms with Crippen molar-refractivity contribution in [1.82, 2.24) is 20.0 Å². The van der Waals surface area contributed by atoms with E-state index in [-0.39, 0.29) is 0 Å². The number of likely N-dealkylation sites (N-methyl/N-ethyl adjacent to an activating group) is 1. The number of aliphatic imine (C=N–C) groups is 3. The molecule has 1 aromatic heterocycles. The van der Waals surface area contributed by atoms with Crippen LogP contribution in [-0.4, -0.2) is 78.2 Å². The highest BCUT2D eigenvalue weighted by molar-refractivity contribution is 6.04. The standard InChI is InChI=1S/C19H30N8/c1-6-20-8-7-15(2)19(21-14-27-11-9-26(5)10-12-27)23-17(4)22-18-13-16(3)24-25-18/h7-8,13-14H,4,6,9-12H2,1-3,5H3,(H2,22,24,25)/b15-7+,20-8-,21-14+,23-19-. The van der Waals surface area contributed by atoms with Gasteiger partial charge in [-0.2, -0.15) is 5.10 Å². The van der Waals surface area contributed by atoms with E-state index in [1.807, 2.05) is 39.3 Å². The van der Waals surface area contributed by atoms with Crippen molar-refractivity contribution in [3.8, 4) is 0 Å². The molecule has 2 heterocycles. The molecule has 27 heavy (non-hydrogen) atoms. The predicted octanol–water partition coefficient (Wildman–Crippen LogP) is 2.31. The van der Waals surface area contributed by atoms with E-state index in [1.54, 1.807) is 6.21 Å². The highest BCUT2D eigenvalue weighted by atomic mass is 15.3. The molecule has 1 aliphatic heterocycles. The first-order valence-electron chi connectivity index (χ1n) is 9.18. The fraction of sp³-hybridized carbons (Fsp3) is 0.474. The van der Waals surface area contributed by atoms with Crippen molar-refractivity contribution in [2.45, 2.75) is 20.8 Å². The summed E-state index contributed by atoms with van der Waals surface area (Å²) in [6.45, 7) is 14.6. The summed E-state index contributed by atoms with van der Waals surface area (Å²) in [5.74, 6) is 1.76. The summed E-state index contributed by atoms with van der Waals surface area (Å²) in [4.78, 5) is 17.9. The maximum Gasteiger partial charge on any atom is 0.158 e. The molecule has 0 unspecified atom stereocenters. The molecule has 1 aliphatic rings. The fourth-order valence-corrected chi connectivity index (χ4v) is 2.42. The van der Waals surface area contributed by atoms with Crippen LogP contribution in [-0.2, 0) is 0 Å². The molecular formula is C19H30N8. The van der Waals surface area contributed by atoms with E-state index >= 15 is 0 Å². The van der Waals surface area contributed by atoms with Crippen LogP contribution in [0.3, 0.4) is 0 Å². The van der Waals surface area contributed by atoms with Crippen molar-refractivity contribution < 1.29 is 0 Å². The number of nitrogens with zero attached hydrogens (tertiary/aromatic N) is 6. The van der Waals surface area contributed by atoms with Crippen LogP contribution >= 0.6 is 0 Å². The molecule has 0 aromatic carbocycles. The monoisotopic (exact) mass is 370 g/mol. The molecule has 8 nitrogen and oxygen atoms in total. The Hall–Kier alpha value is -2.74. The number of hydrogen-bond donors (Lipinski definition) is 2. The smallest absolute Gasteiger partial charge is 0.158 e. The van der Waals surface area contributed by atoms with Gasteiger partial charge in [0.05, 0.1) is 6.34 Å². The van der Waals surface area contributed by atoms with Crippen LogP contribution in [0.2, 0.25) is 0 Å². The van der Waals surface area contributed by atoms with Crippen molar-refractivity contribution in [3.63, 3.8) is 0 Å². The Labute approximate surface area is 161 Å². The summed E-state index contributed by atoms with van der Waals surface area (Å²) in [5.41, 5.74) is 1.88.